The van der Waals surface area contributed by atoms with Gasteiger partial charge in [0.1, 0.15) is 13.2 Å². The molecule has 146 valence electrons. The molecule has 0 aliphatic heterocycles. The van der Waals surface area contributed by atoms with Crippen molar-refractivity contribution >= 4 is 19.9 Å². The van der Waals surface area contributed by atoms with Crippen LogP contribution < -0.4 is 0 Å². The van der Waals surface area contributed by atoms with Gasteiger partial charge in [-0.05, 0) is 30.5 Å². The maximum absolute atomic E-state index is 11.9. The van der Waals surface area contributed by atoms with Crippen molar-refractivity contribution < 1.29 is 32.5 Å². The molecule has 0 heterocycles. The number of likely N-dealkylation sites (N-methyl/N-ethyl adjacent to an activating group) is 1. The number of benzene rings is 1. The van der Waals surface area contributed by atoms with E-state index in [9.17, 15) is 14.3 Å². The molecule has 1 unspecified atom stereocenters. The number of carbonyl (C=O) groups excluding carboxylic acids is 1. The van der Waals surface area contributed by atoms with Gasteiger partial charge in [0.25, 0.3) is 0 Å². The number of unbranched alkanes of at least 4 members (excludes halogenated alkanes) is 1. The normalized spacial score (nSPS) is 13.8. The molecule has 1 rings (SSSR count). The summed E-state index contributed by atoms with van der Waals surface area (Å²) in [4.78, 5) is 21.4. The number of nitrogens with zero attached hydrogens (tertiary/aromatic N) is 1. The molecule has 1 aromatic rings. The number of hydrogen-bond acceptors (Lipinski definition) is 5. The van der Waals surface area contributed by atoms with Gasteiger partial charge in [-0.2, -0.15) is 0 Å². The Morgan fingerprint density at radius 1 is 1.12 bits per heavy atom. The van der Waals surface area contributed by atoms with Crippen LogP contribution in [0.15, 0.2) is 30.8 Å². The molecule has 26 heavy (non-hydrogen) atoms. The van der Waals surface area contributed by atoms with Crippen LogP contribution in [0.2, 0.25) is 0 Å². The molecule has 8 heteroatoms. The van der Waals surface area contributed by atoms with Crippen molar-refractivity contribution in [2.75, 3.05) is 47.5 Å². The Balaban J connectivity index is 2.16. The summed E-state index contributed by atoms with van der Waals surface area (Å²) in [5, 5.41) is 0. The number of quaternary nitrogens is 1. The summed E-state index contributed by atoms with van der Waals surface area (Å²) in [6, 6.07) is 6.93. The number of esters is 1. The highest BCUT2D eigenvalue weighted by Crippen LogP contribution is 2.43. The summed E-state index contributed by atoms with van der Waals surface area (Å²) >= 11 is 0. The van der Waals surface area contributed by atoms with Crippen LogP contribution in [0.3, 0.4) is 0 Å². The SMILES string of the molecule is C=Cc1ccc(C(=O)OCCCCOP(=O)(O)OCC[N+](C)(C)C)cc1. The van der Waals surface area contributed by atoms with E-state index in [-0.39, 0.29) is 19.8 Å². The third-order valence-electron chi connectivity index (χ3n) is 3.42. The molecule has 0 fully saturated rings. The molecule has 0 saturated carbocycles. The predicted octanol–water partition coefficient (Wildman–Crippen LogP) is 3.11. The van der Waals surface area contributed by atoms with Gasteiger partial charge in [-0.15, -0.1) is 0 Å². The lowest BCUT2D eigenvalue weighted by molar-refractivity contribution is -0.870. The minimum absolute atomic E-state index is 0.0593. The first-order valence-electron chi connectivity index (χ1n) is 8.45. The van der Waals surface area contributed by atoms with Gasteiger partial charge < -0.3 is 14.1 Å². The number of rotatable bonds is 12. The molecule has 7 nitrogen and oxygen atoms in total. The third-order valence-corrected chi connectivity index (χ3v) is 4.44. The highest BCUT2D eigenvalue weighted by molar-refractivity contribution is 7.47. The van der Waals surface area contributed by atoms with Gasteiger partial charge in [0, 0.05) is 0 Å². The van der Waals surface area contributed by atoms with Crippen molar-refractivity contribution in [3.63, 3.8) is 0 Å². The highest BCUT2D eigenvalue weighted by Gasteiger charge is 2.22. The van der Waals surface area contributed by atoms with Crippen molar-refractivity contribution in [1.82, 2.24) is 0 Å². The van der Waals surface area contributed by atoms with Crippen molar-refractivity contribution in [2.24, 2.45) is 0 Å². The van der Waals surface area contributed by atoms with Crippen LogP contribution in [0.1, 0.15) is 28.8 Å². The van der Waals surface area contributed by atoms with Gasteiger partial charge in [0.05, 0.1) is 39.9 Å². The van der Waals surface area contributed by atoms with Gasteiger partial charge in [-0.3, -0.25) is 9.05 Å². The lowest BCUT2D eigenvalue weighted by Gasteiger charge is -2.24. The van der Waals surface area contributed by atoms with Gasteiger partial charge in [0.2, 0.25) is 0 Å². The van der Waals surface area contributed by atoms with E-state index in [1.807, 2.05) is 21.1 Å². The minimum Gasteiger partial charge on any atom is -0.462 e. The Morgan fingerprint density at radius 2 is 1.69 bits per heavy atom. The highest BCUT2D eigenvalue weighted by atomic mass is 31.2. The number of ether oxygens (including phenoxy) is 1. The molecular formula is C18H29NO6P+. The Labute approximate surface area is 155 Å². The second kappa shape index (κ2) is 10.6. The van der Waals surface area contributed by atoms with Crippen molar-refractivity contribution in [3.8, 4) is 0 Å². The zero-order valence-electron chi connectivity index (χ0n) is 15.7. The smallest absolute Gasteiger partial charge is 0.462 e. The molecule has 0 spiro atoms. The fraction of sp³-hybridized carbons (Fsp3) is 0.500. The van der Waals surface area contributed by atoms with Gasteiger partial charge in [-0.1, -0.05) is 24.8 Å². The third kappa shape index (κ3) is 9.85. The number of phosphoric ester groups is 1. The van der Waals surface area contributed by atoms with Crippen LogP contribution in [0.4, 0.5) is 0 Å². The van der Waals surface area contributed by atoms with Crippen molar-refractivity contribution in [1.29, 1.82) is 0 Å². The van der Waals surface area contributed by atoms with Crippen LogP contribution in [-0.4, -0.2) is 62.9 Å². The maximum atomic E-state index is 11.9. The Kier molecular flexibility index (Phi) is 9.19. The molecule has 0 aromatic heterocycles. The maximum Gasteiger partial charge on any atom is 0.472 e. The lowest BCUT2D eigenvalue weighted by Crippen LogP contribution is -2.37. The molecular weight excluding hydrogens is 357 g/mol. The first-order valence-corrected chi connectivity index (χ1v) is 9.94. The summed E-state index contributed by atoms with van der Waals surface area (Å²) < 4.78 is 27.3. The summed E-state index contributed by atoms with van der Waals surface area (Å²) in [6.45, 7) is 4.66. The Hall–Kier alpha value is -1.50. The average Bonchev–Trinajstić information content (AvgIpc) is 2.56. The van der Waals surface area contributed by atoms with Crippen molar-refractivity contribution in [3.05, 3.63) is 42.0 Å². The first-order chi connectivity index (χ1) is 12.1. The molecule has 0 saturated heterocycles. The summed E-state index contributed by atoms with van der Waals surface area (Å²) in [6.07, 6.45) is 2.70. The van der Waals surface area contributed by atoms with Gasteiger partial charge in [0.15, 0.2) is 0 Å². The van der Waals surface area contributed by atoms with E-state index in [1.54, 1.807) is 30.3 Å². The first kappa shape index (κ1) is 22.5. The Morgan fingerprint density at radius 3 is 2.27 bits per heavy atom. The molecule has 0 bridgehead atoms. The van der Waals surface area contributed by atoms with Crippen LogP contribution in [0.5, 0.6) is 0 Å². The van der Waals surface area contributed by atoms with Crippen LogP contribution in [0.25, 0.3) is 6.08 Å². The summed E-state index contributed by atoms with van der Waals surface area (Å²) in [5.74, 6) is -0.405. The molecule has 1 atom stereocenters. The van der Waals surface area contributed by atoms with Crippen LogP contribution in [0, 0.1) is 0 Å². The minimum atomic E-state index is -4.03. The van der Waals surface area contributed by atoms with Crippen molar-refractivity contribution in [2.45, 2.75) is 12.8 Å². The fourth-order valence-corrected chi connectivity index (χ4v) is 2.60. The number of carbonyl (C=O) groups is 1. The zero-order valence-corrected chi connectivity index (χ0v) is 16.6. The van der Waals surface area contributed by atoms with Gasteiger partial charge >= 0.3 is 13.8 Å². The monoisotopic (exact) mass is 386 g/mol. The standard InChI is InChI=1S/C18H28NO6P/c1-5-16-8-10-17(11-9-16)18(20)23-13-6-7-14-24-26(21,22)25-15-12-19(2,3)4/h5,8-11H,1,6-7,12-15H2,2-4H3/p+1. The van der Waals surface area contributed by atoms with Crippen LogP contribution in [-0.2, 0) is 18.3 Å². The average molecular weight is 386 g/mol. The molecule has 1 N–H and O–H groups in total. The predicted molar refractivity (Wildman–Crippen MR) is 101 cm³/mol. The van der Waals surface area contributed by atoms with Gasteiger partial charge in [-0.25, -0.2) is 9.36 Å². The van der Waals surface area contributed by atoms with E-state index < -0.39 is 13.8 Å². The molecule has 1 aromatic carbocycles. The lowest BCUT2D eigenvalue weighted by atomic mass is 10.1. The van der Waals surface area contributed by atoms with E-state index in [4.69, 9.17) is 13.8 Å². The molecule has 0 aliphatic rings. The largest absolute Gasteiger partial charge is 0.472 e. The molecule has 0 aliphatic carbocycles. The topological polar surface area (TPSA) is 82.1 Å². The second-order valence-corrected chi connectivity index (χ2v) is 8.27. The second-order valence-electron chi connectivity index (χ2n) is 6.82. The zero-order chi connectivity index (χ0) is 19.6. The number of phosphoric acid groups is 1. The Bertz CT molecular complexity index is 624. The van der Waals surface area contributed by atoms with E-state index in [2.05, 4.69) is 6.58 Å². The van der Waals surface area contributed by atoms with E-state index in [0.29, 0.717) is 29.4 Å². The quantitative estimate of drug-likeness (QED) is 0.257. The molecule has 0 amide bonds. The number of hydrogen-bond donors (Lipinski definition) is 1. The van der Waals surface area contributed by atoms with E-state index in [1.165, 1.54) is 0 Å². The fourth-order valence-electron chi connectivity index (χ4n) is 1.85. The summed E-state index contributed by atoms with van der Waals surface area (Å²) in [7, 11) is 1.85. The van der Waals surface area contributed by atoms with E-state index in [0.717, 1.165) is 5.56 Å². The van der Waals surface area contributed by atoms with E-state index >= 15 is 0 Å². The summed E-state index contributed by atoms with van der Waals surface area (Å²) in [5.41, 5.74) is 1.40. The van der Waals surface area contributed by atoms with Crippen LogP contribution >= 0.6 is 7.82 Å². The molecule has 0 radical (unpaired) electrons.